The van der Waals surface area contributed by atoms with E-state index in [1.165, 1.54) is 0 Å². The average molecular weight is 442 g/mol. The van der Waals surface area contributed by atoms with Gasteiger partial charge < -0.3 is 7.43 Å². The molecule has 0 fully saturated rings. The van der Waals surface area contributed by atoms with Crippen LogP contribution < -0.4 is 291 Å². The van der Waals surface area contributed by atoms with Crippen LogP contribution in [0.4, 0.5) is 0 Å². The maximum atomic E-state index is 0. The van der Waals surface area contributed by atoms with Crippen LogP contribution in [0, 0.1) is 7.43 Å². The minimum Gasteiger partial charge on any atom is -0.358 e. The number of rotatable bonds is 0. The van der Waals surface area contributed by atoms with Crippen molar-refractivity contribution in [1.29, 1.82) is 0 Å². The molecule has 0 aliphatic rings. The van der Waals surface area contributed by atoms with Gasteiger partial charge in [0.15, 0.2) is 0 Å². The van der Waals surface area contributed by atoms with Crippen molar-refractivity contribution in [3.63, 3.8) is 0 Å². The molecule has 0 aromatic carbocycles. The van der Waals surface area contributed by atoms with E-state index in [0.29, 0.717) is 0 Å². The Morgan fingerprint density at radius 2 is 0.333 bits per heavy atom. The summed E-state index contributed by atoms with van der Waals surface area (Å²) in [5, 5.41) is 0. The van der Waals surface area contributed by atoms with Gasteiger partial charge in [-0.1, -0.05) is 0 Å². The van der Waals surface area contributed by atoms with Gasteiger partial charge in [0.2, 0.25) is 0 Å². The van der Waals surface area contributed by atoms with Crippen molar-refractivity contribution in [1.82, 2.24) is 0 Å². The quantitative estimate of drug-likeness (QED) is 0.327. The zero-order valence-corrected chi connectivity index (χ0v) is 30.6. The van der Waals surface area contributed by atoms with Gasteiger partial charge in [-0.15, -0.1) is 0 Å². The first kappa shape index (κ1) is 36.3. The predicted octanol–water partition coefficient (Wildman–Crippen LogP) is -14.5. The SMILES string of the molecule is [CH3-].[Rb+].[Rb+].[Rb+].[Rb+].[Rb+]. The van der Waals surface area contributed by atoms with Gasteiger partial charge in [0, 0.05) is 0 Å². The maximum absolute atomic E-state index is 0. The van der Waals surface area contributed by atoms with Crippen LogP contribution in [0.1, 0.15) is 0 Å². The molecule has 0 amide bonds. The molecule has 0 saturated carbocycles. The van der Waals surface area contributed by atoms with Gasteiger partial charge in [0.1, 0.15) is 0 Å². The van der Waals surface area contributed by atoms with E-state index in [1.807, 2.05) is 0 Å². The van der Waals surface area contributed by atoms with Gasteiger partial charge in [-0.25, -0.2) is 0 Å². The molecule has 0 aliphatic carbocycles. The third kappa shape index (κ3) is 23.1. The third-order valence-electron chi connectivity index (χ3n) is 0. The van der Waals surface area contributed by atoms with E-state index in [9.17, 15) is 0 Å². The molecule has 0 rings (SSSR count). The first-order chi connectivity index (χ1) is 0. The van der Waals surface area contributed by atoms with E-state index in [-0.39, 0.29) is 298 Å². The smallest absolute Gasteiger partial charge is 0.358 e. The van der Waals surface area contributed by atoms with Crippen LogP contribution in [0.2, 0.25) is 0 Å². The van der Waals surface area contributed by atoms with Crippen LogP contribution >= 0.6 is 0 Å². The van der Waals surface area contributed by atoms with Crippen molar-refractivity contribution < 1.29 is 291 Å². The Balaban J connectivity index is 0. The van der Waals surface area contributed by atoms with Crippen LogP contribution in [0.25, 0.3) is 0 Å². The monoisotopic (exact) mass is 440 g/mol. The molecule has 5 heteroatoms. The molecule has 0 atom stereocenters. The van der Waals surface area contributed by atoms with Crippen molar-refractivity contribution in [2.45, 2.75) is 0 Å². The molecule has 0 radical (unpaired) electrons. The standard InChI is InChI=1S/CH3.5Rb/h1H3;;;;;/q-1;5*+1. The van der Waals surface area contributed by atoms with Crippen molar-refractivity contribution >= 4 is 0 Å². The van der Waals surface area contributed by atoms with E-state index in [2.05, 4.69) is 0 Å². The van der Waals surface area contributed by atoms with E-state index < -0.39 is 0 Å². The topological polar surface area (TPSA) is 0 Å². The van der Waals surface area contributed by atoms with Crippen molar-refractivity contribution in [2.75, 3.05) is 0 Å². The summed E-state index contributed by atoms with van der Waals surface area (Å²) in [4.78, 5) is 0. The van der Waals surface area contributed by atoms with Gasteiger partial charge in [-0.2, -0.15) is 0 Å². The molecule has 0 aromatic rings. The summed E-state index contributed by atoms with van der Waals surface area (Å²) in [5.74, 6) is 0. The van der Waals surface area contributed by atoms with Gasteiger partial charge in [0.05, 0.1) is 0 Å². The second kappa shape index (κ2) is 29.2. The Morgan fingerprint density at radius 3 is 0.333 bits per heavy atom. The zero-order valence-electron chi connectivity index (χ0n) is 6.00. The molecular formula is CH3Rb5+4. The van der Waals surface area contributed by atoms with Crippen LogP contribution in [-0.2, 0) is 0 Å². The minimum absolute atomic E-state index is 0. The van der Waals surface area contributed by atoms with Crippen molar-refractivity contribution in [3.05, 3.63) is 7.43 Å². The van der Waals surface area contributed by atoms with Gasteiger partial charge in [-0.05, 0) is 0 Å². The third-order valence-corrected chi connectivity index (χ3v) is 0. The molecule has 0 aromatic heterocycles. The molecule has 0 nitrogen and oxygen atoms in total. The summed E-state index contributed by atoms with van der Waals surface area (Å²) in [5.41, 5.74) is 0. The molecule has 0 spiro atoms. The first-order valence-corrected chi connectivity index (χ1v) is 0. The van der Waals surface area contributed by atoms with Crippen molar-refractivity contribution in [2.24, 2.45) is 0 Å². The number of hydrogen-bond acceptors (Lipinski definition) is 0. The first-order valence-electron chi connectivity index (χ1n) is 0. The molecule has 0 N–H and O–H groups in total. The summed E-state index contributed by atoms with van der Waals surface area (Å²) in [6.07, 6.45) is 0. The predicted molar refractivity (Wildman–Crippen MR) is 6.41 cm³/mol. The van der Waals surface area contributed by atoms with Crippen LogP contribution in [-0.4, -0.2) is 0 Å². The summed E-state index contributed by atoms with van der Waals surface area (Å²) in [7, 11) is 0. The largest absolute Gasteiger partial charge is 1.00 e. The Hall–Kier alpha value is 9.03. The van der Waals surface area contributed by atoms with E-state index in [4.69, 9.17) is 0 Å². The fourth-order valence-corrected chi connectivity index (χ4v) is 0. The molecule has 0 aliphatic heterocycles. The molecule has 0 heterocycles. The molecule has 0 saturated heterocycles. The molecule has 0 unspecified atom stereocenters. The molecular weight excluding hydrogens is 439 g/mol. The Bertz CT molecular complexity index is 3.90. The van der Waals surface area contributed by atoms with Crippen LogP contribution in [0.3, 0.4) is 0 Å². The second-order valence-electron chi connectivity index (χ2n) is 0. The summed E-state index contributed by atoms with van der Waals surface area (Å²) in [6, 6.07) is 0. The zero-order chi connectivity index (χ0) is 0. The normalized spacial score (nSPS) is 0. The van der Waals surface area contributed by atoms with E-state index >= 15 is 0 Å². The Morgan fingerprint density at radius 1 is 0.333 bits per heavy atom. The fourth-order valence-electron chi connectivity index (χ4n) is 0. The van der Waals surface area contributed by atoms with Crippen molar-refractivity contribution in [3.8, 4) is 0 Å². The Labute approximate surface area is 285 Å². The molecule has 6 heavy (non-hydrogen) atoms. The summed E-state index contributed by atoms with van der Waals surface area (Å²) in [6.45, 7) is 0. The minimum atomic E-state index is 0. The number of hydrogen-bond donors (Lipinski definition) is 0. The summed E-state index contributed by atoms with van der Waals surface area (Å²) < 4.78 is 0. The summed E-state index contributed by atoms with van der Waals surface area (Å²) >= 11 is 0. The van der Waals surface area contributed by atoms with Gasteiger partial charge in [-0.3, -0.25) is 0 Å². The van der Waals surface area contributed by atoms with Crippen LogP contribution in [0.5, 0.6) is 0 Å². The van der Waals surface area contributed by atoms with Gasteiger partial charge >= 0.3 is 291 Å². The maximum Gasteiger partial charge on any atom is 1.00 e. The van der Waals surface area contributed by atoms with Crippen LogP contribution in [0.15, 0.2) is 0 Å². The van der Waals surface area contributed by atoms with E-state index in [1.54, 1.807) is 0 Å². The van der Waals surface area contributed by atoms with E-state index in [0.717, 1.165) is 0 Å². The Kier molecular flexibility index (Phi) is 177. The molecule has 0 bridgehead atoms. The average Bonchev–Trinajstić information content (AvgIpc) is 0. The fraction of sp³-hybridized carbons (Fsp3) is 0. The van der Waals surface area contributed by atoms with Gasteiger partial charge in [0.25, 0.3) is 0 Å². The molecule has 8 valence electrons. The second-order valence-corrected chi connectivity index (χ2v) is 0.